The van der Waals surface area contributed by atoms with Crippen molar-refractivity contribution in [2.75, 3.05) is 7.11 Å². The van der Waals surface area contributed by atoms with Crippen LogP contribution in [0.3, 0.4) is 0 Å². The fourth-order valence-corrected chi connectivity index (χ4v) is 8.97. The van der Waals surface area contributed by atoms with Crippen LogP contribution in [0.15, 0.2) is 12.1 Å². The highest BCUT2D eigenvalue weighted by atomic mass is 16.6. The summed E-state index contributed by atoms with van der Waals surface area (Å²) in [5.41, 5.74) is 1.01. The maximum absolute atomic E-state index is 12.0. The summed E-state index contributed by atoms with van der Waals surface area (Å²) < 4.78 is 13.3. The maximum Gasteiger partial charge on any atom is 0.165 e. The minimum Gasteiger partial charge on any atom is -0.504 e. The van der Waals surface area contributed by atoms with Gasteiger partial charge < -0.3 is 19.7 Å². The van der Waals surface area contributed by atoms with Crippen molar-refractivity contribution in [1.82, 2.24) is 0 Å². The molecule has 4 saturated carbocycles. The predicted octanol–water partition coefficient (Wildman–Crippen LogP) is 4.73. The highest BCUT2D eigenvalue weighted by molar-refractivity contribution is 5.62. The molecule has 7 rings (SSSR count). The third-order valence-electron chi connectivity index (χ3n) is 10.8. The fraction of sp³-hybridized carbons (Fsp3) is 0.769. The molecule has 1 unspecified atom stereocenters. The SMILES string of the molecule is CO[C@]12CC[C@@]3(C[C@@H]1C(C)(O)C(C)(C)C)[C@@H]1CCC[C@@]34c3c(ccc(O)c3O[C@@H]24)C1. The molecule has 4 nitrogen and oxygen atoms in total. The molecule has 0 saturated heterocycles. The van der Waals surface area contributed by atoms with Gasteiger partial charge in [0.25, 0.3) is 0 Å². The molecule has 1 aromatic rings. The highest BCUT2D eigenvalue weighted by Gasteiger charge is 2.81. The van der Waals surface area contributed by atoms with E-state index in [-0.39, 0.29) is 34.0 Å². The van der Waals surface area contributed by atoms with Gasteiger partial charge in [-0.1, -0.05) is 33.3 Å². The molecule has 0 aromatic heterocycles. The molecule has 4 heteroatoms. The van der Waals surface area contributed by atoms with Gasteiger partial charge in [0.15, 0.2) is 11.5 Å². The van der Waals surface area contributed by atoms with Gasteiger partial charge in [0.2, 0.25) is 0 Å². The van der Waals surface area contributed by atoms with Crippen molar-refractivity contribution in [2.24, 2.45) is 22.7 Å². The number of phenolic OH excluding ortho intramolecular Hbond substituents is 1. The van der Waals surface area contributed by atoms with Crippen molar-refractivity contribution in [3.8, 4) is 11.5 Å². The van der Waals surface area contributed by atoms with E-state index in [9.17, 15) is 10.2 Å². The third-order valence-corrected chi connectivity index (χ3v) is 10.8. The molecular weight excluding hydrogens is 376 g/mol. The van der Waals surface area contributed by atoms with Crippen LogP contribution >= 0.6 is 0 Å². The highest BCUT2D eigenvalue weighted by Crippen LogP contribution is 2.79. The van der Waals surface area contributed by atoms with Crippen LogP contribution in [0, 0.1) is 22.7 Å². The quantitative estimate of drug-likeness (QED) is 0.737. The first kappa shape index (κ1) is 19.4. The number of phenols is 1. The molecule has 2 spiro atoms. The van der Waals surface area contributed by atoms with Gasteiger partial charge in [0, 0.05) is 24.0 Å². The van der Waals surface area contributed by atoms with Crippen molar-refractivity contribution in [1.29, 1.82) is 0 Å². The first-order chi connectivity index (χ1) is 14.1. The standard InChI is InChI=1S/C26H36O4/c1-22(2,3)23(4,28)18-14-24-11-12-26(18,29-5)21-25(24)10-6-7-16(24)13-15-8-9-17(27)20(30-21)19(15)25/h8-9,16,18,21,27-28H,6-7,10-14H2,1-5H3/t16-,18-,21-,23?,24-,25+,26-/m1/s1. The molecule has 164 valence electrons. The average Bonchev–Trinajstić information content (AvgIpc) is 3.05. The Labute approximate surface area is 180 Å². The Bertz CT molecular complexity index is 930. The molecule has 4 bridgehead atoms. The van der Waals surface area contributed by atoms with Gasteiger partial charge in [0.05, 0.1) is 5.60 Å². The number of ether oxygens (including phenoxy) is 2. The largest absolute Gasteiger partial charge is 0.504 e. The Kier molecular flexibility index (Phi) is 3.48. The van der Waals surface area contributed by atoms with E-state index in [0.29, 0.717) is 11.7 Å². The number of methoxy groups -OCH3 is 1. The normalized spacial score (nSPS) is 44.9. The van der Waals surface area contributed by atoms with Gasteiger partial charge >= 0.3 is 0 Å². The van der Waals surface area contributed by atoms with Gasteiger partial charge in [-0.15, -0.1) is 0 Å². The van der Waals surface area contributed by atoms with E-state index in [1.54, 1.807) is 0 Å². The van der Waals surface area contributed by atoms with Crippen molar-refractivity contribution in [3.63, 3.8) is 0 Å². The number of aromatic hydroxyl groups is 1. The monoisotopic (exact) mass is 412 g/mol. The number of hydrogen-bond donors (Lipinski definition) is 2. The summed E-state index contributed by atoms with van der Waals surface area (Å²) in [5.74, 6) is 1.59. The van der Waals surface area contributed by atoms with Crippen LogP contribution in [0.25, 0.3) is 0 Å². The first-order valence-electron chi connectivity index (χ1n) is 11.8. The van der Waals surface area contributed by atoms with E-state index < -0.39 is 11.2 Å². The molecule has 5 aliphatic carbocycles. The maximum atomic E-state index is 12.0. The summed E-state index contributed by atoms with van der Waals surface area (Å²) >= 11 is 0. The fourth-order valence-electron chi connectivity index (χ4n) is 8.97. The Morgan fingerprint density at radius 3 is 2.60 bits per heavy atom. The zero-order valence-electron chi connectivity index (χ0n) is 19.0. The Hall–Kier alpha value is -1.26. The lowest BCUT2D eigenvalue weighted by atomic mass is 9.31. The van der Waals surface area contributed by atoms with Crippen LogP contribution < -0.4 is 4.74 Å². The van der Waals surface area contributed by atoms with Gasteiger partial charge in [-0.25, -0.2) is 0 Å². The number of aliphatic hydroxyl groups is 1. The van der Waals surface area contributed by atoms with E-state index in [0.717, 1.165) is 32.1 Å². The predicted molar refractivity (Wildman–Crippen MR) is 115 cm³/mol. The molecule has 1 aliphatic heterocycles. The minimum absolute atomic E-state index is 0.000445. The summed E-state index contributed by atoms with van der Waals surface area (Å²) in [7, 11) is 1.82. The first-order valence-corrected chi connectivity index (χ1v) is 11.8. The average molecular weight is 413 g/mol. The number of fused-ring (bicyclic) bond motifs is 2. The van der Waals surface area contributed by atoms with E-state index in [1.807, 2.05) is 20.1 Å². The van der Waals surface area contributed by atoms with Crippen LogP contribution in [0.2, 0.25) is 0 Å². The second-order valence-corrected chi connectivity index (χ2v) is 12.2. The second kappa shape index (κ2) is 5.38. The molecule has 1 heterocycles. The summed E-state index contributed by atoms with van der Waals surface area (Å²) in [5, 5.41) is 22.8. The molecular formula is C26H36O4. The Morgan fingerprint density at radius 2 is 1.90 bits per heavy atom. The molecule has 1 aromatic carbocycles. The van der Waals surface area contributed by atoms with Crippen LogP contribution in [0.5, 0.6) is 11.5 Å². The van der Waals surface area contributed by atoms with Crippen molar-refractivity contribution in [2.45, 2.75) is 95.4 Å². The van der Waals surface area contributed by atoms with Gasteiger partial charge in [-0.2, -0.15) is 0 Å². The van der Waals surface area contributed by atoms with Crippen LogP contribution in [0.1, 0.15) is 77.3 Å². The lowest BCUT2D eigenvalue weighted by molar-refractivity contribution is -0.309. The topological polar surface area (TPSA) is 58.9 Å². The third kappa shape index (κ3) is 1.78. The lowest BCUT2D eigenvalue weighted by Gasteiger charge is -2.74. The van der Waals surface area contributed by atoms with Gasteiger partial charge in [-0.3, -0.25) is 0 Å². The molecule has 2 N–H and O–H groups in total. The molecule has 6 aliphatic rings. The smallest absolute Gasteiger partial charge is 0.165 e. The minimum atomic E-state index is -0.882. The molecule has 0 amide bonds. The van der Waals surface area contributed by atoms with Crippen LogP contribution in [0.4, 0.5) is 0 Å². The van der Waals surface area contributed by atoms with E-state index in [2.05, 4.69) is 26.8 Å². The summed E-state index contributed by atoms with van der Waals surface area (Å²) in [4.78, 5) is 0. The van der Waals surface area contributed by atoms with Crippen molar-refractivity contribution in [3.05, 3.63) is 23.3 Å². The van der Waals surface area contributed by atoms with Crippen molar-refractivity contribution >= 4 is 0 Å². The molecule has 30 heavy (non-hydrogen) atoms. The van der Waals surface area contributed by atoms with Gasteiger partial charge in [0.1, 0.15) is 11.7 Å². The number of benzene rings is 1. The van der Waals surface area contributed by atoms with Crippen molar-refractivity contribution < 1.29 is 19.7 Å². The summed E-state index contributed by atoms with van der Waals surface area (Å²) in [6.07, 6.45) is 7.56. The molecule has 7 atom stereocenters. The molecule has 4 fully saturated rings. The lowest BCUT2D eigenvalue weighted by Crippen LogP contribution is -2.80. The Balaban J connectivity index is 1.65. The summed E-state index contributed by atoms with van der Waals surface area (Å²) in [6, 6.07) is 3.96. The number of hydrogen-bond acceptors (Lipinski definition) is 4. The summed E-state index contributed by atoms with van der Waals surface area (Å²) in [6.45, 7) is 8.44. The van der Waals surface area contributed by atoms with Gasteiger partial charge in [-0.05, 0) is 73.8 Å². The van der Waals surface area contributed by atoms with Crippen LogP contribution in [-0.2, 0) is 16.6 Å². The number of rotatable bonds is 2. The molecule has 0 radical (unpaired) electrons. The zero-order valence-corrected chi connectivity index (χ0v) is 19.0. The Morgan fingerprint density at radius 1 is 1.13 bits per heavy atom. The van der Waals surface area contributed by atoms with E-state index >= 15 is 0 Å². The second-order valence-electron chi connectivity index (χ2n) is 12.2. The zero-order chi connectivity index (χ0) is 21.3. The van der Waals surface area contributed by atoms with Crippen LogP contribution in [-0.4, -0.2) is 34.6 Å². The van der Waals surface area contributed by atoms with E-state index in [1.165, 1.54) is 24.0 Å². The van der Waals surface area contributed by atoms with E-state index in [4.69, 9.17) is 9.47 Å².